The van der Waals surface area contributed by atoms with Gasteiger partial charge in [0.2, 0.25) is 0 Å². The van der Waals surface area contributed by atoms with E-state index in [-0.39, 0.29) is 5.84 Å². The fourth-order valence-corrected chi connectivity index (χ4v) is 3.45. The lowest BCUT2D eigenvalue weighted by atomic mass is 10.2. The van der Waals surface area contributed by atoms with Crippen molar-refractivity contribution < 1.29 is 4.74 Å². The van der Waals surface area contributed by atoms with Crippen LogP contribution in [0.4, 0.5) is 0 Å². The lowest BCUT2D eigenvalue weighted by molar-refractivity contribution is 0.308. The van der Waals surface area contributed by atoms with Gasteiger partial charge in [0, 0.05) is 10.1 Å². The van der Waals surface area contributed by atoms with Crippen molar-refractivity contribution in [2.24, 2.45) is 5.73 Å². The summed E-state index contributed by atoms with van der Waals surface area (Å²) < 4.78 is 7.94. The molecule has 0 radical (unpaired) electrons. The molecule has 0 atom stereocenters. The van der Waals surface area contributed by atoms with Crippen molar-refractivity contribution in [3.63, 3.8) is 0 Å². The highest BCUT2D eigenvalue weighted by Crippen LogP contribution is 2.38. The van der Waals surface area contributed by atoms with Gasteiger partial charge >= 0.3 is 0 Å². The molecule has 0 saturated heterocycles. The molecule has 0 amide bonds. The number of amidine groups is 1. The largest absolute Gasteiger partial charge is 0.487 e. The maximum absolute atomic E-state index is 7.56. The van der Waals surface area contributed by atoms with Gasteiger partial charge in [0.15, 0.2) is 0 Å². The number of fused-ring (bicyclic) bond motifs is 1. The van der Waals surface area contributed by atoms with Crippen LogP contribution in [0.5, 0.6) is 5.75 Å². The topological polar surface area (TPSA) is 59.1 Å². The highest BCUT2D eigenvalue weighted by Gasteiger charge is 2.12. The number of rotatable bonds is 4. The molecule has 3 N–H and O–H groups in total. The van der Waals surface area contributed by atoms with Crippen LogP contribution in [0, 0.1) is 5.41 Å². The van der Waals surface area contributed by atoms with Gasteiger partial charge in [-0.05, 0) is 39.7 Å². The number of benzene rings is 2. The Morgan fingerprint density at radius 1 is 1.19 bits per heavy atom. The molecule has 5 heteroatoms. The average molecular weight is 361 g/mol. The van der Waals surface area contributed by atoms with E-state index in [9.17, 15) is 0 Å². The van der Waals surface area contributed by atoms with Crippen molar-refractivity contribution in [1.82, 2.24) is 0 Å². The standard InChI is InChI=1S/C16H13BrN2OS/c17-12-6-7-13-11(8-14(21-13)16(18)19)15(12)20-9-10-4-2-1-3-5-10/h1-8H,9H2,(H3,18,19). The Morgan fingerprint density at radius 2 is 1.95 bits per heavy atom. The Hall–Kier alpha value is -1.85. The lowest BCUT2D eigenvalue weighted by Gasteiger charge is -2.09. The predicted octanol–water partition coefficient (Wildman–Crippen LogP) is 4.53. The van der Waals surface area contributed by atoms with Crippen LogP contribution in [0.2, 0.25) is 0 Å². The Bertz CT molecular complexity index is 799. The van der Waals surface area contributed by atoms with Gasteiger partial charge in [0.25, 0.3) is 0 Å². The van der Waals surface area contributed by atoms with Crippen LogP contribution in [0.1, 0.15) is 10.4 Å². The molecule has 0 spiro atoms. The lowest BCUT2D eigenvalue weighted by Crippen LogP contribution is -2.08. The van der Waals surface area contributed by atoms with Gasteiger partial charge in [0.1, 0.15) is 18.2 Å². The molecule has 21 heavy (non-hydrogen) atoms. The van der Waals surface area contributed by atoms with Crippen LogP contribution in [0.15, 0.2) is 53.0 Å². The highest BCUT2D eigenvalue weighted by molar-refractivity contribution is 9.10. The van der Waals surface area contributed by atoms with E-state index in [0.29, 0.717) is 6.61 Å². The summed E-state index contributed by atoms with van der Waals surface area (Å²) in [6, 6.07) is 15.9. The normalized spacial score (nSPS) is 10.7. The Labute approximate surface area is 135 Å². The van der Waals surface area contributed by atoms with E-state index in [2.05, 4.69) is 15.9 Å². The summed E-state index contributed by atoms with van der Waals surface area (Å²) >= 11 is 5.03. The number of hydrogen-bond donors (Lipinski definition) is 2. The van der Waals surface area contributed by atoms with Crippen molar-refractivity contribution >= 4 is 43.2 Å². The second-order valence-corrected chi connectivity index (χ2v) is 6.53. The second-order valence-electron chi connectivity index (χ2n) is 4.59. The van der Waals surface area contributed by atoms with E-state index < -0.39 is 0 Å². The maximum Gasteiger partial charge on any atom is 0.142 e. The monoisotopic (exact) mass is 360 g/mol. The SMILES string of the molecule is N=C(N)c1cc2c(OCc3ccccc3)c(Br)ccc2s1. The minimum atomic E-state index is 0.0846. The smallest absolute Gasteiger partial charge is 0.142 e. The molecule has 2 aromatic carbocycles. The van der Waals surface area contributed by atoms with Gasteiger partial charge in [-0.25, -0.2) is 0 Å². The molecule has 0 aliphatic heterocycles. The van der Waals surface area contributed by atoms with Gasteiger partial charge in [0.05, 0.1) is 9.35 Å². The Morgan fingerprint density at radius 3 is 2.67 bits per heavy atom. The quantitative estimate of drug-likeness (QED) is 0.530. The van der Waals surface area contributed by atoms with Crippen molar-refractivity contribution in [2.45, 2.75) is 6.61 Å². The Balaban J connectivity index is 1.96. The van der Waals surface area contributed by atoms with Crippen LogP contribution in [0.3, 0.4) is 0 Å². The molecule has 1 heterocycles. The zero-order valence-electron chi connectivity index (χ0n) is 11.1. The van der Waals surface area contributed by atoms with E-state index in [1.165, 1.54) is 11.3 Å². The molecule has 1 aromatic heterocycles. The highest BCUT2D eigenvalue weighted by atomic mass is 79.9. The van der Waals surface area contributed by atoms with E-state index >= 15 is 0 Å². The van der Waals surface area contributed by atoms with Crippen molar-refractivity contribution in [1.29, 1.82) is 5.41 Å². The van der Waals surface area contributed by atoms with Gasteiger partial charge in [-0.15, -0.1) is 11.3 Å². The Kier molecular flexibility index (Phi) is 3.94. The first-order chi connectivity index (χ1) is 10.1. The molecule has 0 aliphatic rings. The minimum Gasteiger partial charge on any atom is -0.487 e. The first-order valence-corrected chi connectivity index (χ1v) is 7.99. The van der Waals surface area contributed by atoms with Gasteiger partial charge in [-0.2, -0.15) is 0 Å². The minimum absolute atomic E-state index is 0.0846. The van der Waals surface area contributed by atoms with E-state index in [1.807, 2.05) is 48.5 Å². The summed E-state index contributed by atoms with van der Waals surface area (Å²) in [5, 5.41) is 8.55. The fourth-order valence-electron chi connectivity index (χ4n) is 2.07. The van der Waals surface area contributed by atoms with Crippen LogP contribution in [0.25, 0.3) is 10.1 Å². The summed E-state index contributed by atoms with van der Waals surface area (Å²) in [6.07, 6.45) is 0. The van der Waals surface area contributed by atoms with Gasteiger partial charge in [-0.3, -0.25) is 5.41 Å². The number of thiophene rings is 1. The molecule has 0 aliphatic carbocycles. The molecule has 0 saturated carbocycles. The number of nitrogens with two attached hydrogens (primary N) is 1. The number of hydrogen-bond acceptors (Lipinski definition) is 3. The summed E-state index contributed by atoms with van der Waals surface area (Å²) in [4.78, 5) is 0.757. The average Bonchev–Trinajstić information content (AvgIpc) is 2.92. The van der Waals surface area contributed by atoms with Crippen LogP contribution in [-0.2, 0) is 6.61 Å². The van der Waals surface area contributed by atoms with E-state index in [1.54, 1.807) is 0 Å². The molecular weight excluding hydrogens is 348 g/mol. The number of halogens is 1. The zero-order chi connectivity index (χ0) is 14.8. The summed E-state index contributed by atoms with van der Waals surface area (Å²) in [6.45, 7) is 0.504. The van der Waals surface area contributed by atoms with E-state index in [0.717, 1.165) is 30.7 Å². The third-order valence-corrected chi connectivity index (χ3v) is 4.85. The number of nitrogens with one attached hydrogen (secondary N) is 1. The van der Waals surface area contributed by atoms with E-state index in [4.69, 9.17) is 15.9 Å². The predicted molar refractivity (Wildman–Crippen MR) is 91.3 cm³/mol. The second kappa shape index (κ2) is 5.87. The van der Waals surface area contributed by atoms with Gasteiger partial charge < -0.3 is 10.5 Å². The molecule has 3 rings (SSSR count). The summed E-state index contributed by atoms with van der Waals surface area (Å²) in [7, 11) is 0. The first-order valence-electron chi connectivity index (χ1n) is 6.38. The van der Waals surface area contributed by atoms with Crippen molar-refractivity contribution in [2.75, 3.05) is 0 Å². The number of nitrogen functional groups attached to an aromatic ring is 1. The number of ether oxygens (including phenoxy) is 1. The van der Waals surface area contributed by atoms with Gasteiger partial charge in [-0.1, -0.05) is 30.3 Å². The maximum atomic E-state index is 7.56. The molecule has 0 bridgehead atoms. The third kappa shape index (κ3) is 2.94. The van der Waals surface area contributed by atoms with Crippen LogP contribution in [-0.4, -0.2) is 5.84 Å². The summed E-state index contributed by atoms with van der Waals surface area (Å²) in [5.74, 6) is 0.876. The summed E-state index contributed by atoms with van der Waals surface area (Å²) in [5.41, 5.74) is 6.69. The third-order valence-electron chi connectivity index (χ3n) is 3.09. The van der Waals surface area contributed by atoms with Crippen LogP contribution >= 0.6 is 27.3 Å². The molecule has 0 fully saturated rings. The van der Waals surface area contributed by atoms with Crippen LogP contribution < -0.4 is 10.5 Å². The van der Waals surface area contributed by atoms with Crippen molar-refractivity contribution in [3.05, 3.63) is 63.4 Å². The first kappa shape index (κ1) is 14.1. The zero-order valence-corrected chi connectivity index (χ0v) is 13.5. The molecule has 3 aromatic rings. The fraction of sp³-hybridized carbons (Fsp3) is 0.0625. The molecular formula is C16H13BrN2OS. The van der Waals surface area contributed by atoms with Crippen molar-refractivity contribution in [3.8, 4) is 5.75 Å². The molecule has 3 nitrogen and oxygen atoms in total. The molecule has 106 valence electrons. The molecule has 0 unspecified atom stereocenters.